The first kappa shape index (κ1) is 14.0. The molecule has 1 saturated heterocycles. The molecule has 0 saturated carbocycles. The molecule has 2 heterocycles. The lowest BCUT2D eigenvalue weighted by atomic mass is 9.89. The number of piperidine rings is 1. The first-order chi connectivity index (χ1) is 9.00. The number of nitrogens with one attached hydrogen (secondary N) is 2. The smallest absolute Gasteiger partial charge is 0.222 e. The van der Waals surface area contributed by atoms with Gasteiger partial charge in [0.15, 0.2) is 5.82 Å². The van der Waals surface area contributed by atoms with Crippen LogP contribution in [0.15, 0.2) is 0 Å². The number of aromatic nitrogens is 3. The van der Waals surface area contributed by atoms with Gasteiger partial charge in [0.1, 0.15) is 5.82 Å². The van der Waals surface area contributed by atoms with Crippen LogP contribution < -0.4 is 5.32 Å². The Kier molecular flexibility index (Phi) is 4.16. The summed E-state index contributed by atoms with van der Waals surface area (Å²) in [6.45, 7) is 3.83. The number of aromatic amines is 1. The van der Waals surface area contributed by atoms with Crippen molar-refractivity contribution in [2.24, 2.45) is 0 Å². The molecule has 7 nitrogen and oxygen atoms in total. The van der Waals surface area contributed by atoms with Gasteiger partial charge < -0.3 is 10.4 Å². The first-order valence-electron chi connectivity index (χ1n) is 6.54. The van der Waals surface area contributed by atoms with Gasteiger partial charge >= 0.3 is 0 Å². The number of carbonyl (C=O) groups is 1. The van der Waals surface area contributed by atoms with E-state index in [0.29, 0.717) is 19.5 Å². The second-order valence-electron chi connectivity index (χ2n) is 5.23. The first-order valence-corrected chi connectivity index (χ1v) is 6.54. The number of carbonyl (C=O) groups excluding carboxylic acids is 1. The van der Waals surface area contributed by atoms with Crippen LogP contribution in [-0.2, 0) is 11.3 Å². The van der Waals surface area contributed by atoms with E-state index in [9.17, 15) is 9.90 Å². The van der Waals surface area contributed by atoms with E-state index in [1.807, 2.05) is 6.92 Å². The molecule has 0 aliphatic carbocycles. The van der Waals surface area contributed by atoms with Crippen LogP contribution in [0.25, 0.3) is 0 Å². The maximum absolute atomic E-state index is 11.4. The molecule has 1 amide bonds. The summed E-state index contributed by atoms with van der Waals surface area (Å²) in [5, 5.41) is 19.9. The van der Waals surface area contributed by atoms with E-state index in [-0.39, 0.29) is 12.3 Å². The van der Waals surface area contributed by atoms with Gasteiger partial charge in [-0.25, -0.2) is 4.98 Å². The van der Waals surface area contributed by atoms with Gasteiger partial charge in [-0.2, -0.15) is 5.10 Å². The number of hydrogen-bond acceptors (Lipinski definition) is 5. The average molecular weight is 267 g/mol. The fourth-order valence-electron chi connectivity index (χ4n) is 2.53. The highest BCUT2D eigenvalue weighted by atomic mass is 16.3. The number of amides is 1. The number of aliphatic hydroxyl groups is 1. The molecule has 2 rings (SSSR count). The standard InChI is InChI=1S/C12H21N5O2/c1-9-14-10(16-15-9)7-17-5-3-4-12(19,8-17)6-11(18)13-2/h19H,3-8H2,1-2H3,(H,13,18)(H,14,15,16). The van der Waals surface area contributed by atoms with Crippen molar-refractivity contribution in [1.82, 2.24) is 25.4 Å². The molecular formula is C12H21N5O2. The molecule has 1 aromatic heterocycles. The molecule has 1 aromatic rings. The second kappa shape index (κ2) is 5.66. The Morgan fingerprint density at radius 3 is 3.05 bits per heavy atom. The summed E-state index contributed by atoms with van der Waals surface area (Å²) in [5.41, 5.74) is -0.941. The molecule has 3 N–H and O–H groups in total. The second-order valence-corrected chi connectivity index (χ2v) is 5.23. The van der Waals surface area contributed by atoms with Crippen LogP contribution in [0.5, 0.6) is 0 Å². The Morgan fingerprint density at radius 1 is 1.63 bits per heavy atom. The van der Waals surface area contributed by atoms with E-state index >= 15 is 0 Å². The zero-order chi connectivity index (χ0) is 13.9. The minimum absolute atomic E-state index is 0.127. The van der Waals surface area contributed by atoms with Crippen molar-refractivity contribution in [2.75, 3.05) is 20.1 Å². The zero-order valence-electron chi connectivity index (χ0n) is 11.4. The number of hydrogen-bond donors (Lipinski definition) is 3. The number of likely N-dealkylation sites (tertiary alicyclic amines) is 1. The normalized spacial score (nSPS) is 24.4. The molecule has 1 atom stereocenters. The molecule has 1 aliphatic heterocycles. The molecular weight excluding hydrogens is 246 g/mol. The molecule has 1 fully saturated rings. The van der Waals surface area contributed by atoms with E-state index in [4.69, 9.17) is 0 Å². The van der Waals surface area contributed by atoms with Crippen LogP contribution in [0.3, 0.4) is 0 Å². The number of H-pyrrole nitrogens is 1. The van der Waals surface area contributed by atoms with Crippen molar-refractivity contribution in [2.45, 2.75) is 38.3 Å². The van der Waals surface area contributed by atoms with Crippen LogP contribution in [0.4, 0.5) is 0 Å². The Hall–Kier alpha value is -1.47. The summed E-state index contributed by atoms with van der Waals surface area (Å²) in [4.78, 5) is 17.8. The maximum atomic E-state index is 11.4. The van der Waals surface area contributed by atoms with E-state index in [0.717, 1.165) is 24.6 Å². The Labute approximate surface area is 112 Å². The Morgan fingerprint density at radius 2 is 2.42 bits per heavy atom. The van der Waals surface area contributed by atoms with E-state index in [1.54, 1.807) is 7.05 Å². The lowest BCUT2D eigenvalue weighted by Gasteiger charge is -2.38. The van der Waals surface area contributed by atoms with Gasteiger partial charge in [-0.05, 0) is 26.3 Å². The molecule has 0 bridgehead atoms. The van der Waals surface area contributed by atoms with E-state index < -0.39 is 5.60 Å². The largest absolute Gasteiger partial charge is 0.388 e. The molecule has 19 heavy (non-hydrogen) atoms. The average Bonchev–Trinajstić information content (AvgIpc) is 2.74. The SMILES string of the molecule is CNC(=O)CC1(O)CCCN(Cc2n[nH]c(C)n2)C1. The summed E-state index contributed by atoms with van der Waals surface area (Å²) >= 11 is 0. The topological polar surface area (TPSA) is 94.1 Å². The lowest BCUT2D eigenvalue weighted by molar-refractivity contribution is -0.128. The van der Waals surface area contributed by atoms with Crippen molar-refractivity contribution in [1.29, 1.82) is 0 Å². The molecule has 0 radical (unpaired) electrons. The third-order valence-electron chi connectivity index (χ3n) is 3.41. The van der Waals surface area contributed by atoms with E-state index in [2.05, 4.69) is 25.4 Å². The van der Waals surface area contributed by atoms with Crippen LogP contribution in [0.2, 0.25) is 0 Å². The van der Waals surface area contributed by atoms with Crippen LogP contribution in [-0.4, -0.2) is 56.8 Å². The molecule has 0 aromatic carbocycles. The zero-order valence-corrected chi connectivity index (χ0v) is 11.4. The molecule has 7 heteroatoms. The highest BCUT2D eigenvalue weighted by molar-refractivity contribution is 5.76. The van der Waals surface area contributed by atoms with Crippen LogP contribution >= 0.6 is 0 Å². The Balaban J connectivity index is 1.94. The summed E-state index contributed by atoms with van der Waals surface area (Å²) < 4.78 is 0. The quantitative estimate of drug-likeness (QED) is 0.688. The fourth-order valence-corrected chi connectivity index (χ4v) is 2.53. The summed E-state index contributed by atoms with van der Waals surface area (Å²) in [7, 11) is 1.59. The van der Waals surface area contributed by atoms with Gasteiger partial charge in [0.25, 0.3) is 0 Å². The molecule has 106 valence electrons. The highest BCUT2D eigenvalue weighted by Crippen LogP contribution is 2.25. The van der Waals surface area contributed by atoms with Crippen molar-refractivity contribution >= 4 is 5.91 Å². The van der Waals surface area contributed by atoms with Gasteiger partial charge in [-0.15, -0.1) is 0 Å². The number of β-amino-alcohol motifs (C(OH)–C–C–N with tert-alkyl or cyclic N) is 1. The molecule has 1 unspecified atom stereocenters. The van der Waals surface area contributed by atoms with Crippen molar-refractivity contribution < 1.29 is 9.90 Å². The minimum Gasteiger partial charge on any atom is -0.388 e. The van der Waals surface area contributed by atoms with Crippen molar-refractivity contribution in [3.63, 3.8) is 0 Å². The van der Waals surface area contributed by atoms with Crippen molar-refractivity contribution in [3.05, 3.63) is 11.6 Å². The number of nitrogens with zero attached hydrogens (tertiary/aromatic N) is 3. The highest BCUT2D eigenvalue weighted by Gasteiger charge is 2.35. The molecule has 1 aliphatic rings. The predicted molar refractivity (Wildman–Crippen MR) is 69.3 cm³/mol. The number of aryl methyl sites for hydroxylation is 1. The van der Waals surface area contributed by atoms with Gasteiger partial charge in [0, 0.05) is 13.6 Å². The Bertz CT molecular complexity index is 447. The van der Waals surface area contributed by atoms with Crippen LogP contribution in [0.1, 0.15) is 30.9 Å². The lowest BCUT2D eigenvalue weighted by Crippen LogP contribution is -2.50. The van der Waals surface area contributed by atoms with Gasteiger partial charge in [-0.3, -0.25) is 14.8 Å². The summed E-state index contributed by atoms with van der Waals surface area (Å²) in [5.74, 6) is 1.38. The van der Waals surface area contributed by atoms with Gasteiger partial charge in [0.05, 0.1) is 18.6 Å². The third-order valence-corrected chi connectivity index (χ3v) is 3.41. The van der Waals surface area contributed by atoms with Crippen LogP contribution in [0, 0.1) is 6.92 Å². The minimum atomic E-state index is -0.941. The predicted octanol–water partition coefficient (Wildman–Crippen LogP) is -0.424. The maximum Gasteiger partial charge on any atom is 0.222 e. The number of rotatable bonds is 4. The molecule has 0 spiro atoms. The third kappa shape index (κ3) is 3.74. The van der Waals surface area contributed by atoms with Gasteiger partial charge in [0.2, 0.25) is 5.91 Å². The monoisotopic (exact) mass is 267 g/mol. The van der Waals surface area contributed by atoms with E-state index in [1.165, 1.54) is 0 Å². The summed E-state index contributed by atoms with van der Waals surface area (Å²) in [6, 6.07) is 0. The van der Waals surface area contributed by atoms with Crippen molar-refractivity contribution in [3.8, 4) is 0 Å². The summed E-state index contributed by atoms with van der Waals surface area (Å²) in [6.07, 6.45) is 1.67. The van der Waals surface area contributed by atoms with Gasteiger partial charge in [-0.1, -0.05) is 0 Å². The fraction of sp³-hybridized carbons (Fsp3) is 0.750.